The average Bonchev–Trinajstić information content (AvgIpc) is 2.30. The van der Waals surface area contributed by atoms with Crippen LogP contribution in [0.4, 0.5) is 0 Å². The predicted molar refractivity (Wildman–Crippen MR) is 83.0 cm³/mol. The summed E-state index contributed by atoms with van der Waals surface area (Å²) in [7, 11) is 0. The Labute approximate surface area is 123 Å². The van der Waals surface area contributed by atoms with Crippen LogP contribution in [0.3, 0.4) is 0 Å². The normalized spacial score (nSPS) is 12.1. The van der Waals surface area contributed by atoms with Crippen molar-refractivity contribution < 1.29 is 0 Å². The topological polar surface area (TPSA) is 38.9 Å². The fraction of sp³-hybridized carbons (Fsp3) is 0.400. The molecule has 0 aliphatic carbocycles. The van der Waals surface area contributed by atoms with Gasteiger partial charge in [0.1, 0.15) is 0 Å². The van der Waals surface area contributed by atoms with Gasteiger partial charge in [-0.1, -0.05) is 37.0 Å². The highest BCUT2D eigenvalue weighted by atomic mass is 35.5. The Balaban J connectivity index is 2.66. The Morgan fingerprint density at radius 1 is 1.21 bits per heavy atom. The van der Waals surface area contributed by atoms with Gasteiger partial charge in [0, 0.05) is 16.1 Å². The van der Waals surface area contributed by atoms with Crippen LogP contribution in [-0.4, -0.2) is 11.5 Å². The number of aryl methyl sites for hydroxylation is 1. The molecular weight excluding hydrogens is 279 g/mol. The summed E-state index contributed by atoms with van der Waals surface area (Å²) in [6.07, 6.45) is 0.827. The highest BCUT2D eigenvalue weighted by Crippen LogP contribution is 2.32. The Kier molecular flexibility index (Phi) is 4.05. The van der Waals surface area contributed by atoms with Crippen LogP contribution in [0.25, 0.3) is 10.9 Å². The summed E-state index contributed by atoms with van der Waals surface area (Å²) in [5, 5.41) is 2.28. The summed E-state index contributed by atoms with van der Waals surface area (Å²) in [4.78, 5) is 4.61. The SMILES string of the molecule is Cc1cc(Cl)c2cc(Cl)cc(CC(C)(C)CN)c2n1. The third-order valence-electron chi connectivity index (χ3n) is 3.26. The summed E-state index contributed by atoms with van der Waals surface area (Å²) >= 11 is 12.5. The number of benzene rings is 1. The van der Waals surface area contributed by atoms with Crippen molar-refractivity contribution in [1.29, 1.82) is 0 Å². The van der Waals surface area contributed by atoms with Gasteiger partial charge in [-0.3, -0.25) is 4.98 Å². The van der Waals surface area contributed by atoms with E-state index in [4.69, 9.17) is 28.9 Å². The molecule has 0 unspecified atom stereocenters. The van der Waals surface area contributed by atoms with E-state index in [0.717, 1.165) is 28.6 Å². The minimum atomic E-state index is 0.00944. The monoisotopic (exact) mass is 296 g/mol. The number of nitrogens with two attached hydrogens (primary N) is 1. The average molecular weight is 297 g/mol. The van der Waals surface area contributed by atoms with Crippen LogP contribution in [0.1, 0.15) is 25.1 Å². The highest BCUT2D eigenvalue weighted by Gasteiger charge is 2.19. The van der Waals surface area contributed by atoms with E-state index in [-0.39, 0.29) is 5.41 Å². The lowest BCUT2D eigenvalue weighted by atomic mass is 9.85. The van der Waals surface area contributed by atoms with Crippen molar-refractivity contribution in [1.82, 2.24) is 4.98 Å². The number of pyridine rings is 1. The highest BCUT2D eigenvalue weighted by molar-refractivity contribution is 6.36. The molecule has 1 aromatic heterocycles. The second-order valence-corrected chi connectivity index (χ2v) is 6.60. The maximum atomic E-state index is 6.29. The number of halogens is 2. The van der Waals surface area contributed by atoms with Crippen molar-refractivity contribution in [3.05, 3.63) is 39.5 Å². The Morgan fingerprint density at radius 2 is 1.89 bits per heavy atom. The molecule has 1 aromatic carbocycles. The van der Waals surface area contributed by atoms with Crippen LogP contribution in [0, 0.1) is 12.3 Å². The van der Waals surface area contributed by atoms with Gasteiger partial charge in [0.25, 0.3) is 0 Å². The van der Waals surface area contributed by atoms with E-state index in [0.29, 0.717) is 16.6 Å². The van der Waals surface area contributed by atoms with Crippen LogP contribution in [0.15, 0.2) is 18.2 Å². The molecule has 0 saturated heterocycles. The maximum absolute atomic E-state index is 6.29. The van der Waals surface area contributed by atoms with Crippen LogP contribution in [0.2, 0.25) is 10.0 Å². The molecule has 2 nitrogen and oxygen atoms in total. The van der Waals surface area contributed by atoms with Gasteiger partial charge in [-0.25, -0.2) is 0 Å². The third kappa shape index (κ3) is 3.19. The lowest BCUT2D eigenvalue weighted by Crippen LogP contribution is -2.26. The first-order valence-corrected chi connectivity index (χ1v) is 7.03. The standard InChI is InChI=1S/C15H18Cl2N2/c1-9-4-13(17)12-6-11(16)5-10(14(12)19-9)7-15(2,3)8-18/h4-6H,7-8,18H2,1-3H3. The number of hydrogen-bond acceptors (Lipinski definition) is 2. The van der Waals surface area contributed by atoms with E-state index in [9.17, 15) is 0 Å². The molecule has 0 bridgehead atoms. The van der Waals surface area contributed by atoms with Crippen molar-refractivity contribution in [3.8, 4) is 0 Å². The molecule has 0 fully saturated rings. The van der Waals surface area contributed by atoms with Gasteiger partial charge in [0.05, 0.1) is 10.5 Å². The largest absolute Gasteiger partial charge is 0.330 e. The van der Waals surface area contributed by atoms with E-state index in [1.807, 2.05) is 25.1 Å². The summed E-state index contributed by atoms with van der Waals surface area (Å²) in [5.41, 5.74) is 8.76. The van der Waals surface area contributed by atoms with Gasteiger partial charge in [0.15, 0.2) is 0 Å². The quantitative estimate of drug-likeness (QED) is 0.913. The summed E-state index contributed by atoms with van der Waals surface area (Å²) in [5.74, 6) is 0. The molecule has 0 aliphatic rings. The van der Waals surface area contributed by atoms with Crippen molar-refractivity contribution in [2.24, 2.45) is 11.1 Å². The molecule has 0 spiro atoms. The third-order valence-corrected chi connectivity index (χ3v) is 3.79. The smallest absolute Gasteiger partial charge is 0.0753 e. The fourth-order valence-electron chi connectivity index (χ4n) is 2.16. The molecule has 1 heterocycles. The summed E-state index contributed by atoms with van der Waals surface area (Å²) < 4.78 is 0. The van der Waals surface area contributed by atoms with Crippen LogP contribution in [0.5, 0.6) is 0 Å². The fourth-order valence-corrected chi connectivity index (χ4v) is 2.70. The minimum Gasteiger partial charge on any atom is -0.330 e. The van der Waals surface area contributed by atoms with Gasteiger partial charge in [-0.2, -0.15) is 0 Å². The molecule has 0 atom stereocenters. The predicted octanol–water partition coefficient (Wildman–Crippen LogP) is 4.38. The maximum Gasteiger partial charge on any atom is 0.0753 e. The van der Waals surface area contributed by atoms with Crippen LogP contribution >= 0.6 is 23.2 Å². The van der Waals surface area contributed by atoms with Crippen molar-refractivity contribution in [2.45, 2.75) is 27.2 Å². The first-order chi connectivity index (χ1) is 8.82. The van der Waals surface area contributed by atoms with Crippen LogP contribution in [-0.2, 0) is 6.42 Å². The lowest BCUT2D eigenvalue weighted by Gasteiger charge is -2.23. The molecule has 0 aliphatic heterocycles. The molecule has 0 amide bonds. The van der Waals surface area contributed by atoms with E-state index in [1.54, 1.807) is 0 Å². The molecule has 0 radical (unpaired) electrons. The van der Waals surface area contributed by atoms with Gasteiger partial charge >= 0.3 is 0 Å². The molecule has 2 N–H and O–H groups in total. The number of rotatable bonds is 3. The molecule has 2 rings (SSSR count). The molecule has 2 aromatic rings. The van der Waals surface area contributed by atoms with E-state index in [1.165, 1.54) is 0 Å². The van der Waals surface area contributed by atoms with Crippen molar-refractivity contribution >= 4 is 34.1 Å². The Morgan fingerprint density at radius 3 is 2.53 bits per heavy atom. The zero-order valence-electron chi connectivity index (χ0n) is 11.4. The Bertz CT molecular complexity index is 621. The zero-order valence-corrected chi connectivity index (χ0v) is 12.9. The summed E-state index contributed by atoms with van der Waals surface area (Å²) in [6.45, 7) is 6.83. The summed E-state index contributed by atoms with van der Waals surface area (Å²) in [6, 6.07) is 5.69. The number of aromatic nitrogens is 1. The number of hydrogen-bond donors (Lipinski definition) is 1. The van der Waals surface area contributed by atoms with Gasteiger partial charge in [0.2, 0.25) is 0 Å². The van der Waals surface area contributed by atoms with Crippen molar-refractivity contribution in [2.75, 3.05) is 6.54 Å². The van der Waals surface area contributed by atoms with E-state index >= 15 is 0 Å². The second kappa shape index (κ2) is 5.28. The minimum absolute atomic E-state index is 0.00944. The van der Waals surface area contributed by atoms with Gasteiger partial charge in [-0.05, 0) is 49.1 Å². The molecular formula is C15H18Cl2N2. The second-order valence-electron chi connectivity index (χ2n) is 5.75. The van der Waals surface area contributed by atoms with Gasteiger partial charge in [-0.15, -0.1) is 0 Å². The first-order valence-electron chi connectivity index (χ1n) is 6.28. The van der Waals surface area contributed by atoms with E-state index < -0.39 is 0 Å². The molecule has 19 heavy (non-hydrogen) atoms. The van der Waals surface area contributed by atoms with Gasteiger partial charge < -0.3 is 5.73 Å². The van der Waals surface area contributed by atoms with Crippen LogP contribution < -0.4 is 5.73 Å². The molecule has 0 saturated carbocycles. The Hall–Kier alpha value is -0.830. The first kappa shape index (κ1) is 14.6. The zero-order chi connectivity index (χ0) is 14.2. The van der Waals surface area contributed by atoms with Crippen molar-refractivity contribution in [3.63, 3.8) is 0 Å². The molecule has 102 valence electrons. The van der Waals surface area contributed by atoms with E-state index in [2.05, 4.69) is 18.8 Å². The lowest BCUT2D eigenvalue weighted by molar-refractivity contribution is 0.378. The number of fused-ring (bicyclic) bond motifs is 1. The number of nitrogens with zero attached hydrogens (tertiary/aromatic N) is 1. The molecule has 4 heteroatoms.